The van der Waals surface area contributed by atoms with Crippen LogP contribution in [0.25, 0.3) is 0 Å². The normalized spacial score (nSPS) is 25.3. The van der Waals surface area contributed by atoms with Crippen molar-refractivity contribution in [2.24, 2.45) is 0 Å². The Morgan fingerprint density at radius 1 is 1.79 bits per heavy atom. The molecule has 5 heteroatoms. The van der Waals surface area contributed by atoms with Gasteiger partial charge in [0.25, 0.3) is 0 Å². The maximum atomic E-state index is 11.6. The molecule has 1 atom stereocenters. The monoisotopic (exact) mass is 220 g/mol. The third-order valence-corrected chi connectivity index (χ3v) is 4.36. The van der Waals surface area contributed by atoms with Crippen LogP contribution in [0.1, 0.15) is 12.8 Å². The second-order valence-corrected chi connectivity index (χ2v) is 6.80. The average Bonchev–Trinajstić information content (AvgIpc) is 2.67. The van der Waals surface area contributed by atoms with E-state index in [1.54, 1.807) is 19.4 Å². The Labute approximate surface area is 86.3 Å². The summed E-state index contributed by atoms with van der Waals surface area (Å²) in [6, 6.07) is 0.0758. The van der Waals surface area contributed by atoms with E-state index in [2.05, 4.69) is 10.0 Å². The molecule has 1 rings (SSSR count). The maximum Gasteiger partial charge on any atom is 0.106 e. The lowest BCUT2D eigenvalue weighted by molar-refractivity contribution is 0.354. The van der Waals surface area contributed by atoms with Crippen LogP contribution in [0.15, 0.2) is 11.8 Å². The molecule has 1 heterocycles. The minimum absolute atomic E-state index is 0.0758. The first-order valence-corrected chi connectivity index (χ1v) is 7.27. The highest BCUT2D eigenvalue weighted by Gasteiger charge is 2.17. The van der Waals surface area contributed by atoms with Crippen LogP contribution in [0.3, 0.4) is 0 Å². The third kappa shape index (κ3) is 3.40. The van der Waals surface area contributed by atoms with Crippen LogP contribution in [0.2, 0.25) is 0 Å². The molecule has 3 N–H and O–H groups in total. The van der Waals surface area contributed by atoms with Crippen LogP contribution >= 0.6 is 0 Å². The summed E-state index contributed by atoms with van der Waals surface area (Å²) in [7, 11) is -0.602. The number of hydrogen-bond donors (Lipinski definition) is 4. The summed E-state index contributed by atoms with van der Waals surface area (Å²) in [5.74, 6) is 0.743. The first-order valence-electron chi connectivity index (χ1n) is 4.93. The smallest absolute Gasteiger partial charge is 0.106 e. The first-order chi connectivity index (χ1) is 6.55. The molecule has 0 unspecified atom stereocenters. The van der Waals surface area contributed by atoms with Gasteiger partial charge < -0.3 is 10.4 Å². The van der Waals surface area contributed by atoms with Crippen LogP contribution in [0.4, 0.5) is 0 Å². The fourth-order valence-corrected chi connectivity index (χ4v) is 2.16. The highest BCUT2D eigenvalue weighted by Crippen LogP contribution is 2.12. The average molecular weight is 220 g/mol. The van der Waals surface area contributed by atoms with Crippen molar-refractivity contribution in [1.29, 1.82) is 0 Å². The third-order valence-electron chi connectivity index (χ3n) is 2.54. The summed E-state index contributed by atoms with van der Waals surface area (Å²) >= 11 is 0. The van der Waals surface area contributed by atoms with Crippen molar-refractivity contribution < 1.29 is 9.32 Å². The molecule has 0 saturated carbocycles. The Morgan fingerprint density at radius 3 is 3.00 bits per heavy atom. The van der Waals surface area contributed by atoms with E-state index in [1.165, 1.54) is 0 Å². The lowest BCUT2D eigenvalue weighted by Gasteiger charge is -2.16. The molecule has 1 aliphatic rings. The molecule has 14 heavy (non-hydrogen) atoms. The van der Waals surface area contributed by atoms with E-state index in [0.717, 1.165) is 19.4 Å². The maximum absolute atomic E-state index is 11.6. The Balaban J connectivity index is 2.47. The summed E-state index contributed by atoms with van der Waals surface area (Å²) in [5.41, 5.74) is 0. The molecule has 4 nitrogen and oxygen atoms in total. The Morgan fingerprint density at radius 2 is 2.50 bits per heavy atom. The summed E-state index contributed by atoms with van der Waals surface area (Å²) in [6.45, 7) is 0.957. The summed E-state index contributed by atoms with van der Waals surface area (Å²) < 4.78 is 14.4. The van der Waals surface area contributed by atoms with Crippen LogP contribution in [0.5, 0.6) is 0 Å². The largest absolute Gasteiger partial charge is 0.511 e. The molecule has 0 aliphatic carbocycles. The van der Waals surface area contributed by atoms with Crippen LogP contribution < -0.4 is 10.0 Å². The zero-order valence-electron chi connectivity index (χ0n) is 8.79. The SMILES string of the molecule is CN[SH](C)(=O)CC=C(O)[C@@H]1CCCN1. The van der Waals surface area contributed by atoms with Gasteiger partial charge in [-0.05, 0) is 32.5 Å². The van der Waals surface area contributed by atoms with E-state index in [9.17, 15) is 9.32 Å². The summed E-state index contributed by atoms with van der Waals surface area (Å²) in [6.07, 6.45) is 5.41. The summed E-state index contributed by atoms with van der Waals surface area (Å²) in [5, 5.41) is 12.8. The molecule has 0 aromatic carbocycles. The first kappa shape index (κ1) is 11.7. The van der Waals surface area contributed by atoms with Gasteiger partial charge in [-0.3, -0.25) is 8.93 Å². The van der Waals surface area contributed by atoms with Crippen molar-refractivity contribution in [2.45, 2.75) is 18.9 Å². The van der Waals surface area contributed by atoms with Crippen molar-refractivity contribution in [2.75, 3.05) is 25.6 Å². The predicted molar refractivity (Wildman–Crippen MR) is 61.1 cm³/mol. The number of thiol groups is 1. The van der Waals surface area contributed by atoms with Gasteiger partial charge in [-0.15, -0.1) is 0 Å². The van der Waals surface area contributed by atoms with E-state index >= 15 is 0 Å². The van der Waals surface area contributed by atoms with Gasteiger partial charge in [0.2, 0.25) is 0 Å². The highest BCUT2D eigenvalue weighted by atomic mass is 32.3. The van der Waals surface area contributed by atoms with Crippen LogP contribution in [0, 0.1) is 0 Å². The zero-order chi connectivity index (χ0) is 10.6. The van der Waals surface area contributed by atoms with Crippen molar-refractivity contribution in [3.05, 3.63) is 11.8 Å². The molecule has 0 radical (unpaired) electrons. The molecular formula is C9H20N2O2S. The fourth-order valence-electron chi connectivity index (χ4n) is 1.44. The van der Waals surface area contributed by atoms with E-state index in [1.807, 2.05) is 0 Å². The van der Waals surface area contributed by atoms with Gasteiger partial charge >= 0.3 is 0 Å². The standard InChI is InChI=1S/C9H20N2O2S/c1-10-14(2,13)7-5-9(12)8-4-3-6-11-8/h5,8,11-12,14H,3-4,6-7H2,1-2H3,(H,10,13)/t8-/m0/s1. The van der Waals surface area contributed by atoms with Crippen LogP contribution in [-0.4, -0.2) is 41.0 Å². The van der Waals surface area contributed by atoms with Gasteiger partial charge in [0.1, 0.15) is 5.76 Å². The molecule has 1 aliphatic heterocycles. The second kappa shape index (κ2) is 4.91. The van der Waals surface area contributed by atoms with Gasteiger partial charge in [0.15, 0.2) is 0 Å². The second-order valence-electron chi connectivity index (χ2n) is 3.79. The van der Waals surface area contributed by atoms with Crippen molar-refractivity contribution in [1.82, 2.24) is 10.0 Å². The van der Waals surface area contributed by atoms with Crippen molar-refractivity contribution in [3.63, 3.8) is 0 Å². The number of rotatable bonds is 4. The molecule has 0 aromatic heterocycles. The van der Waals surface area contributed by atoms with E-state index < -0.39 is 10.1 Å². The Bertz CT molecular complexity index is 260. The lowest BCUT2D eigenvalue weighted by atomic mass is 10.2. The molecule has 1 fully saturated rings. The molecular weight excluding hydrogens is 200 g/mol. The lowest BCUT2D eigenvalue weighted by Crippen LogP contribution is -2.30. The molecule has 84 valence electrons. The minimum Gasteiger partial charge on any atom is -0.511 e. The minimum atomic E-state index is -2.28. The van der Waals surface area contributed by atoms with Gasteiger partial charge in [0, 0.05) is 12.0 Å². The fraction of sp³-hybridized carbons (Fsp3) is 0.778. The van der Waals surface area contributed by atoms with E-state index in [-0.39, 0.29) is 6.04 Å². The van der Waals surface area contributed by atoms with Crippen molar-refractivity contribution >= 4 is 10.1 Å². The number of nitrogens with one attached hydrogen (secondary N) is 2. The number of hydrogen-bond acceptors (Lipinski definition) is 3. The van der Waals surface area contributed by atoms with Crippen LogP contribution in [-0.2, 0) is 10.1 Å². The Hall–Kier alpha value is -0.390. The van der Waals surface area contributed by atoms with Gasteiger partial charge in [0.05, 0.1) is 6.04 Å². The number of aliphatic hydroxyl groups is 1. The Kier molecular flexibility index (Phi) is 4.10. The molecule has 0 spiro atoms. The summed E-state index contributed by atoms with van der Waals surface area (Å²) in [4.78, 5) is 0. The molecule has 0 bridgehead atoms. The quantitative estimate of drug-likeness (QED) is 0.397. The van der Waals surface area contributed by atoms with Gasteiger partial charge in [-0.25, -0.2) is 0 Å². The zero-order valence-corrected chi connectivity index (χ0v) is 9.68. The molecule has 0 amide bonds. The molecule has 0 aromatic rings. The van der Waals surface area contributed by atoms with Gasteiger partial charge in [-0.2, -0.15) is 0 Å². The topological polar surface area (TPSA) is 61.4 Å². The van der Waals surface area contributed by atoms with Crippen molar-refractivity contribution in [3.8, 4) is 0 Å². The predicted octanol–water partition coefficient (Wildman–Crippen LogP) is -0.0388. The molecule has 1 saturated heterocycles. The van der Waals surface area contributed by atoms with Gasteiger partial charge in [-0.1, -0.05) is 10.1 Å². The highest BCUT2D eigenvalue weighted by molar-refractivity contribution is 8.00. The number of aliphatic hydroxyl groups excluding tert-OH is 1. The van der Waals surface area contributed by atoms with E-state index in [4.69, 9.17) is 0 Å². The van der Waals surface area contributed by atoms with E-state index in [0.29, 0.717) is 11.5 Å².